The molecular weight excluding hydrogens is 373 g/mol. The Kier molecular flexibility index (Phi) is 14.5. The highest BCUT2D eigenvalue weighted by Crippen LogP contribution is 2.27. The number of benzene rings is 1. The molecule has 1 aromatic carbocycles. The molecule has 0 fully saturated rings. The van der Waals surface area contributed by atoms with E-state index in [0.29, 0.717) is 6.42 Å². The summed E-state index contributed by atoms with van der Waals surface area (Å²) in [7, 11) is 1.58. The first-order chi connectivity index (χ1) is 14.0. The largest absolute Gasteiger partial charge is 0.462 e. The van der Waals surface area contributed by atoms with Gasteiger partial charge in [0.25, 0.3) is 0 Å². The van der Waals surface area contributed by atoms with Crippen LogP contribution in [0.2, 0.25) is 0 Å². The summed E-state index contributed by atoms with van der Waals surface area (Å²) in [6.07, 6.45) is 4.07. The van der Waals surface area contributed by atoms with Crippen LogP contribution in [-0.4, -0.2) is 38.2 Å². The zero-order chi connectivity index (χ0) is 22.2. The highest BCUT2D eigenvalue weighted by Gasteiger charge is 2.24. The molecule has 0 unspecified atom stereocenters. The molecule has 2 rings (SSSR count). The standard InChI is InChI=1S/C17H22FNO4.C4H8.C2H6/c1-11(9-18)17(21-3)14-6-4-13(5-7-14)16-8-15(23-19-16)10-22-12(2)20;1-3-4-2;1-2/h4-7,11,15,17H,8-10H2,1-3H3;3-4H,1-2H3;1-2H3/b;4-3-;/t11-,15+,17+;;/m1../s1. The molecule has 0 aromatic heterocycles. The lowest BCUT2D eigenvalue weighted by atomic mass is 9.96. The van der Waals surface area contributed by atoms with Crippen molar-refractivity contribution in [2.24, 2.45) is 11.1 Å². The number of alkyl halides is 1. The smallest absolute Gasteiger partial charge is 0.302 e. The van der Waals surface area contributed by atoms with E-state index in [-0.39, 0.29) is 30.7 Å². The third-order valence-corrected chi connectivity index (χ3v) is 4.13. The Labute approximate surface area is 174 Å². The van der Waals surface area contributed by atoms with Gasteiger partial charge in [0, 0.05) is 26.4 Å². The number of ether oxygens (including phenoxy) is 2. The van der Waals surface area contributed by atoms with E-state index in [9.17, 15) is 9.18 Å². The van der Waals surface area contributed by atoms with Crippen molar-refractivity contribution in [3.8, 4) is 0 Å². The zero-order valence-corrected chi connectivity index (χ0v) is 18.8. The first kappa shape index (κ1) is 26.8. The fourth-order valence-electron chi connectivity index (χ4n) is 2.54. The highest BCUT2D eigenvalue weighted by atomic mass is 19.1. The number of allylic oxidation sites excluding steroid dienone is 2. The van der Waals surface area contributed by atoms with Gasteiger partial charge in [-0.05, 0) is 25.0 Å². The van der Waals surface area contributed by atoms with Crippen molar-refractivity contribution in [2.75, 3.05) is 20.4 Å². The third kappa shape index (κ3) is 9.70. The van der Waals surface area contributed by atoms with Crippen LogP contribution in [0.25, 0.3) is 0 Å². The lowest BCUT2D eigenvalue weighted by Gasteiger charge is -2.20. The van der Waals surface area contributed by atoms with Crippen LogP contribution in [0.4, 0.5) is 4.39 Å². The molecule has 1 aliphatic rings. The number of esters is 1. The van der Waals surface area contributed by atoms with Gasteiger partial charge in [-0.2, -0.15) is 0 Å². The molecule has 3 atom stereocenters. The monoisotopic (exact) mass is 409 g/mol. The van der Waals surface area contributed by atoms with Crippen LogP contribution in [0.5, 0.6) is 0 Å². The summed E-state index contributed by atoms with van der Waals surface area (Å²) in [6.45, 7) is 10.9. The van der Waals surface area contributed by atoms with Crippen LogP contribution in [0.1, 0.15) is 65.2 Å². The number of methoxy groups -OCH3 is 1. The van der Waals surface area contributed by atoms with E-state index in [1.807, 2.05) is 71.0 Å². The van der Waals surface area contributed by atoms with Gasteiger partial charge in [-0.3, -0.25) is 9.18 Å². The molecule has 1 aliphatic heterocycles. The van der Waals surface area contributed by atoms with Gasteiger partial charge in [0.2, 0.25) is 0 Å². The summed E-state index contributed by atoms with van der Waals surface area (Å²) in [6, 6.07) is 7.67. The van der Waals surface area contributed by atoms with E-state index in [1.54, 1.807) is 7.11 Å². The van der Waals surface area contributed by atoms with Crippen LogP contribution in [-0.2, 0) is 19.1 Å². The molecule has 29 heavy (non-hydrogen) atoms. The quantitative estimate of drug-likeness (QED) is 0.432. The van der Waals surface area contributed by atoms with Crippen molar-refractivity contribution >= 4 is 11.7 Å². The number of rotatable bonds is 7. The maximum Gasteiger partial charge on any atom is 0.302 e. The first-order valence-electron chi connectivity index (χ1n) is 10.1. The van der Waals surface area contributed by atoms with Crippen molar-refractivity contribution < 1.29 is 23.5 Å². The summed E-state index contributed by atoms with van der Waals surface area (Å²) in [5.74, 6) is -0.537. The molecule has 0 radical (unpaired) electrons. The second-order valence-corrected chi connectivity index (χ2v) is 6.35. The third-order valence-electron chi connectivity index (χ3n) is 4.13. The maximum atomic E-state index is 12.9. The van der Waals surface area contributed by atoms with E-state index in [2.05, 4.69) is 5.16 Å². The molecule has 1 heterocycles. The van der Waals surface area contributed by atoms with Gasteiger partial charge in [0.05, 0.1) is 18.5 Å². The fourth-order valence-corrected chi connectivity index (χ4v) is 2.54. The van der Waals surface area contributed by atoms with Crippen molar-refractivity contribution in [1.29, 1.82) is 0 Å². The normalized spacial score (nSPS) is 17.1. The average molecular weight is 410 g/mol. The van der Waals surface area contributed by atoms with E-state index in [1.165, 1.54) is 6.92 Å². The lowest BCUT2D eigenvalue weighted by Crippen LogP contribution is -2.18. The number of hydrogen-bond acceptors (Lipinski definition) is 5. The van der Waals surface area contributed by atoms with Crippen LogP contribution in [0, 0.1) is 5.92 Å². The Morgan fingerprint density at radius 1 is 1.28 bits per heavy atom. The minimum Gasteiger partial charge on any atom is -0.462 e. The topological polar surface area (TPSA) is 57.1 Å². The SMILES string of the molecule is C/C=C\C.CC.CO[C@H](c1ccc(C2=NO[C@H](COC(C)=O)C2)cc1)[C@H](C)CF. The molecule has 5 nitrogen and oxygen atoms in total. The minimum absolute atomic E-state index is 0.195. The summed E-state index contributed by atoms with van der Waals surface area (Å²) in [5, 5.41) is 4.05. The molecule has 0 N–H and O–H groups in total. The Morgan fingerprint density at radius 2 is 1.86 bits per heavy atom. The number of oxime groups is 1. The molecule has 0 amide bonds. The minimum atomic E-state index is -0.432. The van der Waals surface area contributed by atoms with Crippen LogP contribution < -0.4 is 0 Å². The highest BCUT2D eigenvalue weighted by molar-refractivity contribution is 6.01. The second kappa shape index (κ2) is 15.7. The average Bonchev–Trinajstić information content (AvgIpc) is 3.24. The summed E-state index contributed by atoms with van der Waals surface area (Å²) in [4.78, 5) is 16.1. The fraction of sp³-hybridized carbons (Fsp3) is 0.565. The van der Waals surface area contributed by atoms with Gasteiger partial charge in [0.15, 0.2) is 6.10 Å². The molecule has 1 aromatic rings. The van der Waals surface area contributed by atoms with Crippen LogP contribution in [0.3, 0.4) is 0 Å². The summed E-state index contributed by atoms with van der Waals surface area (Å²) >= 11 is 0. The number of nitrogens with zero attached hydrogens (tertiary/aromatic N) is 1. The zero-order valence-electron chi connectivity index (χ0n) is 18.8. The molecule has 164 valence electrons. The van der Waals surface area contributed by atoms with E-state index < -0.39 is 6.67 Å². The Morgan fingerprint density at radius 3 is 2.31 bits per heavy atom. The number of hydrogen-bond donors (Lipinski definition) is 0. The van der Waals surface area contributed by atoms with Crippen molar-refractivity contribution in [3.63, 3.8) is 0 Å². The van der Waals surface area contributed by atoms with E-state index in [0.717, 1.165) is 16.8 Å². The Balaban J connectivity index is 0.00000116. The second-order valence-electron chi connectivity index (χ2n) is 6.35. The van der Waals surface area contributed by atoms with Gasteiger partial charge < -0.3 is 14.3 Å². The van der Waals surface area contributed by atoms with Gasteiger partial charge in [-0.1, -0.05) is 62.3 Å². The van der Waals surface area contributed by atoms with E-state index in [4.69, 9.17) is 14.3 Å². The number of carbonyl (C=O) groups excluding carboxylic acids is 1. The predicted molar refractivity (Wildman–Crippen MR) is 116 cm³/mol. The maximum absolute atomic E-state index is 12.9. The molecular formula is C23H36FNO4. The van der Waals surface area contributed by atoms with Crippen molar-refractivity contribution in [3.05, 3.63) is 47.5 Å². The molecule has 0 bridgehead atoms. The lowest BCUT2D eigenvalue weighted by molar-refractivity contribution is -0.144. The number of carbonyl (C=O) groups is 1. The molecule has 0 saturated carbocycles. The Hall–Kier alpha value is -2.21. The number of halogens is 1. The predicted octanol–water partition coefficient (Wildman–Crippen LogP) is 5.64. The van der Waals surface area contributed by atoms with Gasteiger partial charge in [0.1, 0.15) is 6.61 Å². The molecule has 0 spiro atoms. The molecule has 0 aliphatic carbocycles. The van der Waals surface area contributed by atoms with Gasteiger partial charge in [-0.25, -0.2) is 0 Å². The summed E-state index contributed by atoms with van der Waals surface area (Å²) < 4.78 is 23.2. The molecule has 0 saturated heterocycles. The van der Waals surface area contributed by atoms with Crippen molar-refractivity contribution in [1.82, 2.24) is 0 Å². The van der Waals surface area contributed by atoms with Crippen LogP contribution in [0.15, 0.2) is 41.6 Å². The molecule has 6 heteroatoms. The van der Waals surface area contributed by atoms with Crippen molar-refractivity contribution in [2.45, 2.75) is 60.2 Å². The summed E-state index contributed by atoms with van der Waals surface area (Å²) in [5.41, 5.74) is 2.67. The van der Waals surface area contributed by atoms with Crippen LogP contribution >= 0.6 is 0 Å². The van der Waals surface area contributed by atoms with Gasteiger partial charge >= 0.3 is 5.97 Å². The van der Waals surface area contributed by atoms with E-state index >= 15 is 0 Å². The van der Waals surface area contributed by atoms with Gasteiger partial charge in [-0.15, -0.1) is 0 Å². The first-order valence-corrected chi connectivity index (χ1v) is 10.1. The Bertz CT molecular complexity index is 624.